The molecule has 18 heavy (non-hydrogen) atoms. The molecule has 2 fully saturated rings. The maximum Gasteiger partial charge on any atom is 0.273 e. The van der Waals surface area contributed by atoms with Crippen LogP contribution in [0.5, 0.6) is 0 Å². The molecule has 1 saturated carbocycles. The molecule has 2 heterocycles. The molecule has 1 saturated heterocycles. The standard InChI is InChI=1S/C11H17N5O2/c17-4-3-15-5-8(6-15)12-11(18)10-7-16(14-13-10)9-1-2-9/h7-9,17H,1-6H2,(H,12,18). The Kier molecular flexibility index (Phi) is 3.00. The predicted molar refractivity (Wildman–Crippen MR) is 63.1 cm³/mol. The molecular weight excluding hydrogens is 234 g/mol. The molecule has 1 aromatic rings. The summed E-state index contributed by atoms with van der Waals surface area (Å²) in [4.78, 5) is 14.0. The van der Waals surface area contributed by atoms with Crippen LogP contribution in [0.15, 0.2) is 6.20 Å². The van der Waals surface area contributed by atoms with Crippen molar-refractivity contribution in [2.24, 2.45) is 0 Å². The lowest BCUT2D eigenvalue weighted by atomic mass is 10.1. The average Bonchev–Trinajstić information content (AvgIpc) is 3.04. The lowest BCUT2D eigenvalue weighted by molar-refractivity contribution is 0.0753. The van der Waals surface area contributed by atoms with Crippen LogP contribution >= 0.6 is 0 Å². The molecule has 3 rings (SSSR count). The summed E-state index contributed by atoms with van der Waals surface area (Å²) in [6.07, 6.45) is 3.98. The van der Waals surface area contributed by atoms with Crippen LogP contribution in [-0.2, 0) is 0 Å². The molecule has 0 aromatic carbocycles. The monoisotopic (exact) mass is 251 g/mol. The van der Waals surface area contributed by atoms with E-state index in [1.165, 1.54) is 0 Å². The molecule has 0 unspecified atom stereocenters. The van der Waals surface area contributed by atoms with Crippen LogP contribution in [0, 0.1) is 0 Å². The predicted octanol–water partition coefficient (Wildman–Crippen LogP) is -0.981. The van der Waals surface area contributed by atoms with Crippen molar-refractivity contribution >= 4 is 5.91 Å². The van der Waals surface area contributed by atoms with Crippen LogP contribution in [0.2, 0.25) is 0 Å². The molecule has 0 bridgehead atoms. The Labute approximate surface area is 105 Å². The number of hydrogen-bond donors (Lipinski definition) is 2. The van der Waals surface area contributed by atoms with Crippen molar-refractivity contribution in [2.45, 2.75) is 24.9 Å². The number of carbonyl (C=O) groups is 1. The molecule has 98 valence electrons. The van der Waals surface area contributed by atoms with Gasteiger partial charge in [-0.1, -0.05) is 5.21 Å². The van der Waals surface area contributed by atoms with Gasteiger partial charge in [0.15, 0.2) is 5.69 Å². The summed E-state index contributed by atoms with van der Waals surface area (Å²) in [5, 5.41) is 19.5. The molecule has 0 spiro atoms. The minimum Gasteiger partial charge on any atom is -0.395 e. The van der Waals surface area contributed by atoms with E-state index >= 15 is 0 Å². The van der Waals surface area contributed by atoms with Crippen LogP contribution in [0.4, 0.5) is 0 Å². The van der Waals surface area contributed by atoms with Crippen molar-refractivity contribution in [2.75, 3.05) is 26.2 Å². The minimum absolute atomic E-state index is 0.157. The molecule has 7 nitrogen and oxygen atoms in total. The third kappa shape index (κ3) is 2.37. The summed E-state index contributed by atoms with van der Waals surface area (Å²) in [5.41, 5.74) is 0.391. The maximum absolute atomic E-state index is 11.9. The number of aliphatic hydroxyl groups excluding tert-OH is 1. The topological polar surface area (TPSA) is 83.3 Å². The highest BCUT2D eigenvalue weighted by molar-refractivity contribution is 5.92. The third-order valence-electron chi connectivity index (χ3n) is 3.37. The van der Waals surface area contributed by atoms with Crippen LogP contribution in [0.3, 0.4) is 0 Å². The van der Waals surface area contributed by atoms with E-state index in [4.69, 9.17) is 5.11 Å². The number of likely N-dealkylation sites (tertiary alicyclic amines) is 1. The second-order valence-corrected chi connectivity index (χ2v) is 4.97. The van der Waals surface area contributed by atoms with E-state index in [-0.39, 0.29) is 18.6 Å². The number of carbonyl (C=O) groups excluding carboxylic acids is 1. The smallest absolute Gasteiger partial charge is 0.273 e. The zero-order chi connectivity index (χ0) is 12.5. The van der Waals surface area contributed by atoms with Gasteiger partial charge in [0.1, 0.15) is 0 Å². The molecule has 1 aliphatic carbocycles. The van der Waals surface area contributed by atoms with Crippen LogP contribution in [0.1, 0.15) is 29.4 Å². The first kappa shape index (κ1) is 11.6. The Hall–Kier alpha value is -1.47. The maximum atomic E-state index is 11.9. The van der Waals surface area contributed by atoms with Crippen molar-refractivity contribution in [1.82, 2.24) is 25.2 Å². The summed E-state index contributed by atoms with van der Waals surface area (Å²) in [6, 6.07) is 0.609. The van der Waals surface area contributed by atoms with Gasteiger partial charge >= 0.3 is 0 Å². The van der Waals surface area contributed by atoms with Gasteiger partial charge in [0.2, 0.25) is 0 Å². The Morgan fingerprint density at radius 3 is 2.94 bits per heavy atom. The van der Waals surface area contributed by atoms with E-state index in [0.29, 0.717) is 18.3 Å². The van der Waals surface area contributed by atoms with Crippen LogP contribution < -0.4 is 5.32 Å². The van der Waals surface area contributed by atoms with E-state index in [9.17, 15) is 4.79 Å². The number of amides is 1. The second kappa shape index (κ2) is 4.66. The molecule has 2 aliphatic rings. The van der Waals surface area contributed by atoms with Crippen molar-refractivity contribution < 1.29 is 9.90 Å². The highest BCUT2D eigenvalue weighted by Crippen LogP contribution is 2.33. The van der Waals surface area contributed by atoms with Crippen LogP contribution in [0.25, 0.3) is 0 Å². The lowest BCUT2D eigenvalue weighted by Gasteiger charge is -2.38. The fourth-order valence-electron chi connectivity index (χ4n) is 2.14. The van der Waals surface area contributed by atoms with Crippen molar-refractivity contribution in [3.63, 3.8) is 0 Å². The van der Waals surface area contributed by atoms with Gasteiger partial charge in [0.05, 0.1) is 24.9 Å². The Morgan fingerprint density at radius 2 is 2.28 bits per heavy atom. The minimum atomic E-state index is -0.157. The lowest BCUT2D eigenvalue weighted by Crippen LogP contribution is -2.59. The number of rotatable bonds is 5. The zero-order valence-electron chi connectivity index (χ0n) is 10.1. The molecular formula is C11H17N5O2. The van der Waals surface area contributed by atoms with Gasteiger partial charge in [-0.05, 0) is 12.8 Å². The van der Waals surface area contributed by atoms with E-state index in [1.54, 1.807) is 10.9 Å². The molecule has 7 heteroatoms. The van der Waals surface area contributed by atoms with E-state index in [0.717, 1.165) is 25.9 Å². The Balaban J connectivity index is 1.49. The molecule has 0 atom stereocenters. The zero-order valence-corrected chi connectivity index (χ0v) is 10.1. The molecule has 1 amide bonds. The fraction of sp³-hybridized carbons (Fsp3) is 0.727. The van der Waals surface area contributed by atoms with Crippen molar-refractivity contribution in [3.8, 4) is 0 Å². The van der Waals surface area contributed by atoms with Gasteiger partial charge in [-0.3, -0.25) is 9.69 Å². The van der Waals surface area contributed by atoms with Gasteiger partial charge in [-0.25, -0.2) is 4.68 Å². The Morgan fingerprint density at radius 1 is 1.50 bits per heavy atom. The Bertz CT molecular complexity index is 436. The summed E-state index contributed by atoms with van der Waals surface area (Å²) in [5.74, 6) is -0.157. The van der Waals surface area contributed by atoms with Gasteiger partial charge in [0.25, 0.3) is 5.91 Å². The number of nitrogens with zero attached hydrogens (tertiary/aromatic N) is 4. The highest BCUT2D eigenvalue weighted by Gasteiger charge is 2.29. The van der Waals surface area contributed by atoms with E-state index in [2.05, 4.69) is 20.5 Å². The highest BCUT2D eigenvalue weighted by atomic mass is 16.3. The van der Waals surface area contributed by atoms with Gasteiger partial charge < -0.3 is 10.4 Å². The molecule has 2 N–H and O–H groups in total. The molecule has 0 radical (unpaired) electrons. The number of aromatic nitrogens is 3. The van der Waals surface area contributed by atoms with Crippen molar-refractivity contribution in [3.05, 3.63) is 11.9 Å². The van der Waals surface area contributed by atoms with Crippen LogP contribution in [-0.4, -0.2) is 63.2 Å². The summed E-state index contributed by atoms with van der Waals surface area (Å²) < 4.78 is 1.77. The number of hydrogen-bond acceptors (Lipinski definition) is 5. The first-order valence-electron chi connectivity index (χ1n) is 6.32. The third-order valence-corrected chi connectivity index (χ3v) is 3.37. The quantitative estimate of drug-likeness (QED) is 0.703. The number of aliphatic hydroxyl groups is 1. The number of nitrogens with one attached hydrogen (secondary N) is 1. The summed E-state index contributed by atoms with van der Waals surface area (Å²) in [6.45, 7) is 2.42. The summed E-state index contributed by atoms with van der Waals surface area (Å²) in [7, 11) is 0. The largest absolute Gasteiger partial charge is 0.395 e. The van der Waals surface area contributed by atoms with Gasteiger partial charge in [-0.2, -0.15) is 0 Å². The molecule has 1 aliphatic heterocycles. The van der Waals surface area contributed by atoms with Crippen molar-refractivity contribution in [1.29, 1.82) is 0 Å². The molecule has 1 aromatic heterocycles. The second-order valence-electron chi connectivity index (χ2n) is 4.97. The summed E-state index contributed by atoms with van der Waals surface area (Å²) >= 11 is 0. The number of β-amino-alcohol motifs (C(OH)–C–C–N with tert-alkyl or cyclic N) is 1. The average molecular weight is 251 g/mol. The normalized spacial score (nSPS) is 20.7. The SMILES string of the molecule is O=C(NC1CN(CCO)C1)c1cn(C2CC2)nn1. The van der Waals surface area contributed by atoms with E-state index in [1.807, 2.05) is 0 Å². The first-order valence-corrected chi connectivity index (χ1v) is 6.32. The van der Waals surface area contributed by atoms with Gasteiger partial charge in [-0.15, -0.1) is 5.10 Å². The van der Waals surface area contributed by atoms with E-state index < -0.39 is 0 Å². The fourth-order valence-corrected chi connectivity index (χ4v) is 2.14. The first-order chi connectivity index (χ1) is 8.76. The van der Waals surface area contributed by atoms with Gasteiger partial charge in [0, 0.05) is 19.6 Å².